The molecule has 1 atom stereocenters. The lowest BCUT2D eigenvalue weighted by Crippen LogP contribution is -2.63. The van der Waals surface area contributed by atoms with Gasteiger partial charge in [-0.05, 0) is 37.9 Å². The molecule has 0 aliphatic carbocycles. The number of hydrogen-bond donors (Lipinski definition) is 2. The quantitative estimate of drug-likeness (QED) is 0.872. The van der Waals surface area contributed by atoms with Crippen LogP contribution in [-0.2, 0) is 11.3 Å². The van der Waals surface area contributed by atoms with Crippen molar-refractivity contribution in [2.24, 2.45) is 0 Å². The summed E-state index contributed by atoms with van der Waals surface area (Å²) in [5.74, 6) is -1.32. The summed E-state index contributed by atoms with van der Waals surface area (Å²) in [6, 6.07) is 11.6. The second-order valence-corrected chi connectivity index (χ2v) is 6.57. The molecule has 132 valence electrons. The highest BCUT2D eigenvalue weighted by molar-refractivity contribution is 5.97. The van der Waals surface area contributed by atoms with Crippen LogP contribution in [0.25, 0.3) is 0 Å². The van der Waals surface area contributed by atoms with Gasteiger partial charge in [-0.1, -0.05) is 30.3 Å². The molecule has 0 bridgehead atoms. The van der Waals surface area contributed by atoms with Gasteiger partial charge in [0.25, 0.3) is 5.91 Å². The number of carboxylic acids is 1. The third-order valence-electron chi connectivity index (χ3n) is 4.65. The van der Waals surface area contributed by atoms with Gasteiger partial charge in [0, 0.05) is 18.7 Å². The molecule has 3 rings (SSSR count). The molecule has 6 heteroatoms. The average Bonchev–Trinajstić information content (AvgIpc) is 3.02. The topological polar surface area (TPSA) is 82.8 Å². The summed E-state index contributed by atoms with van der Waals surface area (Å²) < 4.78 is 5.20. The molecule has 2 aromatic rings. The smallest absolute Gasteiger partial charge is 0.330 e. The molecular formula is C19H22N2O4. The number of rotatable bonds is 5. The van der Waals surface area contributed by atoms with Crippen molar-refractivity contribution in [3.63, 3.8) is 0 Å². The van der Waals surface area contributed by atoms with Crippen molar-refractivity contribution in [2.45, 2.75) is 31.8 Å². The second kappa shape index (κ2) is 7.11. The Balaban J connectivity index is 1.76. The number of likely N-dealkylation sites (tertiary alicyclic amines) is 1. The molecule has 1 aromatic heterocycles. The van der Waals surface area contributed by atoms with Gasteiger partial charge < -0.3 is 14.8 Å². The van der Waals surface area contributed by atoms with Gasteiger partial charge in [-0.2, -0.15) is 0 Å². The Morgan fingerprint density at radius 2 is 2.04 bits per heavy atom. The molecule has 25 heavy (non-hydrogen) atoms. The summed E-state index contributed by atoms with van der Waals surface area (Å²) in [6.07, 6.45) is 2.54. The third-order valence-corrected chi connectivity index (χ3v) is 4.65. The first-order valence-corrected chi connectivity index (χ1v) is 8.36. The number of carbonyl (C=O) groups is 2. The molecule has 1 aliphatic rings. The highest BCUT2D eigenvalue weighted by atomic mass is 16.4. The molecule has 0 radical (unpaired) electrons. The van der Waals surface area contributed by atoms with E-state index in [1.165, 1.54) is 6.26 Å². The number of hydrogen-bond acceptors (Lipinski definition) is 4. The Labute approximate surface area is 146 Å². The number of nitrogens with zero attached hydrogens (tertiary/aromatic N) is 1. The standard InChI is InChI=1S/C19H22N2O4/c1-14-8-11-25-16(14)17(22)20-19(18(23)24)9-5-10-21(13-19)12-15-6-3-2-4-7-15/h2-4,6-8,11H,5,9-10,12-13H2,1H3,(H,20,22)(H,23,24)/t19-/m0/s1. The van der Waals surface area contributed by atoms with Crippen LogP contribution in [0, 0.1) is 6.92 Å². The molecule has 1 saturated heterocycles. The Hall–Kier alpha value is -2.60. The number of furan rings is 1. The lowest BCUT2D eigenvalue weighted by Gasteiger charge is -2.40. The zero-order valence-corrected chi connectivity index (χ0v) is 14.2. The van der Waals surface area contributed by atoms with Crippen LogP contribution in [0.5, 0.6) is 0 Å². The lowest BCUT2D eigenvalue weighted by molar-refractivity contribution is -0.147. The van der Waals surface area contributed by atoms with Crippen molar-refractivity contribution in [1.82, 2.24) is 10.2 Å². The zero-order valence-electron chi connectivity index (χ0n) is 14.2. The van der Waals surface area contributed by atoms with E-state index in [-0.39, 0.29) is 12.3 Å². The fourth-order valence-electron chi connectivity index (χ4n) is 3.33. The maximum atomic E-state index is 12.5. The number of carboxylic acid groups (broad SMARTS) is 1. The van der Waals surface area contributed by atoms with E-state index >= 15 is 0 Å². The monoisotopic (exact) mass is 342 g/mol. The Morgan fingerprint density at radius 3 is 2.68 bits per heavy atom. The summed E-state index contributed by atoms with van der Waals surface area (Å²) in [5.41, 5.74) is 0.510. The third kappa shape index (κ3) is 3.74. The molecular weight excluding hydrogens is 320 g/mol. The van der Waals surface area contributed by atoms with E-state index < -0.39 is 17.4 Å². The molecule has 0 unspecified atom stereocenters. The van der Waals surface area contributed by atoms with Gasteiger partial charge in [0.1, 0.15) is 0 Å². The predicted octanol–water partition coefficient (Wildman–Crippen LogP) is 2.44. The van der Waals surface area contributed by atoms with E-state index in [0.717, 1.165) is 12.1 Å². The van der Waals surface area contributed by atoms with Gasteiger partial charge >= 0.3 is 5.97 Å². The highest BCUT2D eigenvalue weighted by Crippen LogP contribution is 2.24. The van der Waals surface area contributed by atoms with Gasteiger partial charge in [-0.15, -0.1) is 0 Å². The van der Waals surface area contributed by atoms with Gasteiger partial charge in [0.15, 0.2) is 11.3 Å². The lowest BCUT2D eigenvalue weighted by atomic mass is 9.88. The Bertz CT molecular complexity index is 756. The SMILES string of the molecule is Cc1ccoc1C(=O)N[C@@]1(C(=O)O)CCCN(Cc2ccccc2)C1. The normalized spacial score (nSPS) is 21.0. The Morgan fingerprint density at radius 1 is 1.28 bits per heavy atom. The van der Waals surface area contributed by atoms with E-state index in [4.69, 9.17) is 4.42 Å². The summed E-state index contributed by atoms with van der Waals surface area (Å²) >= 11 is 0. The van der Waals surface area contributed by atoms with E-state index in [9.17, 15) is 14.7 Å². The summed E-state index contributed by atoms with van der Waals surface area (Å²) in [5, 5.41) is 12.5. The highest BCUT2D eigenvalue weighted by Gasteiger charge is 2.44. The zero-order chi connectivity index (χ0) is 17.9. The number of piperidine rings is 1. The number of aliphatic carboxylic acids is 1. The van der Waals surface area contributed by atoms with Gasteiger partial charge in [-0.3, -0.25) is 9.69 Å². The summed E-state index contributed by atoms with van der Waals surface area (Å²) in [7, 11) is 0. The molecule has 1 fully saturated rings. The second-order valence-electron chi connectivity index (χ2n) is 6.57. The minimum Gasteiger partial charge on any atom is -0.479 e. The first-order chi connectivity index (χ1) is 12.0. The molecule has 1 aliphatic heterocycles. The van der Waals surface area contributed by atoms with Gasteiger partial charge in [0.2, 0.25) is 0 Å². The molecule has 2 N–H and O–H groups in total. The fraction of sp³-hybridized carbons (Fsp3) is 0.368. The average molecular weight is 342 g/mol. The molecule has 1 aromatic carbocycles. The molecule has 0 spiro atoms. The number of benzene rings is 1. The van der Waals surface area contributed by atoms with Crippen molar-refractivity contribution in [3.05, 3.63) is 59.5 Å². The number of amides is 1. The summed E-state index contributed by atoms with van der Waals surface area (Å²) in [6.45, 7) is 3.49. The van der Waals surface area contributed by atoms with E-state index in [0.29, 0.717) is 24.9 Å². The van der Waals surface area contributed by atoms with Crippen molar-refractivity contribution in [2.75, 3.05) is 13.1 Å². The molecule has 6 nitrogen and oxygen atoms in total. The first-order valence-electron chi connectivity index (χ1n) is 8.36. The first kappa shape index (κ1) is 17.2. The van der Waals surface area contributed by atoms with Gasteiger partial charge in [-0.25, -0.2) is 4.79 Å². The van der Waals surface area contributed by atoms with Crippen LogP contribution >= 0.6 is 0 Å². The van der Waals surface area contributed by atoms with Crippen LogP contribution in [0.4, 0.5) is 0 Å². The summed E-state index contributed by atoms with van der Waals surface area (Å²) in [4.78, 5) is 26.5. The van der Waals surface area contributed by atoms with Crippen molar-refractivity contribution < 1.29 is 19.1 Å². The van der Waals surface area contributed by atoms with Crippen molar-refractivity contribution >= 4 is 11.9 Å². The number of carbonyl (C=O) groups excluding carboxylic acids is 1. The number of nitrogens with one attached hydrogen (secondary N) is 1. The van der Waals surface area contributed by atoms with E-state index in [1.54, 1.807) is 13.0 Å². The maximum absolute atomic E-state index is 12.5. The largest absolute Gasteiger partial charge is 0.479 e. The van der Waals surface area contributed by atoms with Crippen LogP contribution in [0.3, 0.4) is 0 Å². The van der Waals surface area contributed by atoms with Crippen LogP contribution in [0.1, 0.15) is 34.5 Å². The molecule has 1 amide bonds. The van der Waals surface area contributed by atoms with Crippen molar-refractivity contribution in [1.29, 1.82) is 0 Å². The van der Waals surface area contributed by atoms with Crippen LogP contribution < -0.4 is 5.32 Å². The maximum Gasteiger partial charge on any atom is 0.330 e. The predicted molar refractivity (Wildman–Crippen MR) is 92.2 cm³/mol. The van der Waals surface area contributed by atoms with Gasteiger partial charge in [0.05, 0.1) is 6.26 Å². The minimum atomic E-state index is -1.30. The van der Waals surface area contributed by atoms with Crippen LogP contribution in [0.15, 0.2) is 47.1 Å². The molecule has 2 heterocycles. The Kier molecular flexibility index (Phi) is 4.90. The van der Waals surface area contributed by atoms with E-state index in [2.05, 4.69) is 10.2 Å². The minimum absolute atomic E-state index is 0.167. The van der Waals surface area contributed by atoms with Crippen LogP contribution in [-0.4, -0.2) is 40.5 Å². The molecule has 0 saturated carbocycles. The van der Waals surface area contributed by atoms with Crippen LogP contribution in [0.2, 0.25) is 0 Å². The fourth-order valence-corrected chi connectivity index (χ4v) is 3.33. The van der Waals surface area contributed by atoms with E-state index in [1.807, 2.05) is 30.3 Å². The number of aryl methyl sites for hydroxylation is 1. The van der Waals surface area contributed by atoms with Crippen molar-refractivity contribution in [3.8, 4) is 0 Å².